The molecular weight excluding hydrogens is 280 g/mol. The Morgan fingerprint density at radius 2 is 1.81 bits per heavy atom. The van der Waals surface area contributed by atoms with Crippen LogP contribution in [0, 0.1) is 11.6 Å². The van der Waals surface area contributed by atoms with Gasteiger partial charge in [-0.1, -0.05) is 18.2 Å². The van der Waals surface area contributed by atoms with E-state index < -0.39 is 29.1 Å². The third kappa shape index (κ3) is 3.62. The number of benzene rings is 2. The SMILES string of the molecule is O=C(Cc1cccc(F)c1)Nc1cccc(F)c1C(=O)O. The van der Waals surface area contributed by atoms with Gasteiger partial charge in [0.05, 0.1) is 12.1 Å². The second-order valence-corrected chi connectivity index (χ2v) is 4.32. The van der Waals surface area contributed by atoms with Gasteiger partial charge in [0.2, 0.25) is 5.91 Å². The average molecular weight is 291 g/mol. The highest BCUT2D eigenvalue weighted by Gasteiger charge is 2.17. The Hall–Kier alpha value is -2.76. The number of carbonyl (C=O) groups excluding carboxylic acids is 1. The molecule has 0 aromatic heterocycles. The van der Waals surface area contributed by atoms with E-state index in [-0.39, 0.29) is 12.1 Å². The second-order valence-electron chi connectivity index (χ2n) is 4.32. The Kier molecular flexibility index (Phi) is 4.27. The summed E-state index contributed by atoms with van der Waals surface area (Å²) in [5, 5.41) is 11.3. The Bertz CT molecular complexity index is 701. The van der Waals surface area contributed by atoms with Crippen molar-refractivity contribution in [3.8, 4) is 0 Å². The molecule has 0 unspecified atom stereocenters. The van der Waals surface area contributed by atoms with Crippen molar-refractivity contribution in [1.29, 1.82) is 0 Å². The molecule has 0 spiro atoms. The van der Waals surface area contributed by atoms with E-state index in [4.69, 9.17) is 5.11 Å². The minimum atomic E-state index is -1.48. The van der Waals surface area contributed by atoms with Crippen LogP contribution in [0.2, 0.25) is 0 Å². The van der Waals surface area contributed by atoms with Crippen molar-refractivity contribution in [3.05, 3.63) is 65.2 Å². The second kappa shape index (κ2) is 6.13. The van der Waals surface area contributed by atoms with Crippen LogP contribution in [0.3, 0.4) is 0 Å². The molecule has 2 aromatic rings. The lowest BCUT2D eigenvalue weighted by Gasteiger charge is -2.09. The van der Waals surface area contributed by atoms with Crippen LogP contribution in [-0.2, 0) is 11.2 Å². The molecule has 0 radical (unpaired) electrons. The average Bonchev–Trinajstić information content (AvgIpc) is 2.37. The van der Waals surface area contributed by atoms with Crippen molar-refractivity contribution < 1.29 is 23.5 Å². The summed E-state index contributed by atoms with van der Waals surface area (Å²) in [5.74, 6) is -3.45. The number of aromatic carboxylic acids is 1. The topological polar surface area (TPSA) is 66.4 Å². The fourth-order valence-corrected chi connectivity index (χ4v) is 1.87. The van der Waals surface area contributed by atoms with E-state index in [2.05, 4.69) is 5.32 Å². The van der Waals surface area contributed by atoms with Crippen molar-refractivity contribution in [2.75, 3.05) is 5.32 Å². The van der Waals surface area contributed by atoms with Crippen LogP contribution in [0.1, 0.15) is 15.9 Å². The van der Waals surface area contributed by atoms with E-state index in [1.54, 1.807) is 6.07 Å². The number of hydrogen-bond donors (Lipinski definition) is 2. The van der Waals surface area contributed by atoms with Gasteiger partial charge in [-0.05, 0) is 29.8 Å². The molecule has 0 saturated heterocycles. The zero-order valence-electron chi connectivity index (χ0n) is 10.8. The number of amides is 1. The number of carbonyl (C=O) groups is 2. The van der Waals surface area contributed by atoms with Crippen LogP contribution in [0.25, 0.3) is 0 Å². The number of anilines is 1. The van der Waals surface area contributed by atoms with Gasteiger partial charge in [0.1, 0.15) is 17.2 Å². The minimum absolute atomic E-state index is 0.135. The summed E-state index contributed by atoms with van der Waals surface area (Å²) in [6.45, 7) is 0. The van der Waals surface area contributed by atoms with Crippen molar-refractivity contribution in [2.45, 2.75) is 6.42 Å². The molecule has 2 aromatic carbocycles. The van der Waals surface area contributed by atoms with E-state index in [9.17, 15) is 18.4 Å². The fraction of sp³-hybridized carbons (Fsp3) is 0.0667. The number of carboxylic acids is 1. The normalized spacial score (nSPS) is 10.2. The quantitative estimate of drug-likeness (QED) is 0.910. The number of carboxylic acid groups (broad SMARTS) is 1. The molecule has 0 atom stereocenters. The first-order valence-corrected chi connectivity index (χ1v) is 6.03. The third-order valence-corrected chi connectivity index (χ3v) is 2.76. The zero-order chi connectivity index (χ0) is 15.4. The molecule has 2 rings (SSSR count). The molecule has 1 amide bonds. The molecule has 0 saturated carbocycles. The van der Waals surface area contributed by atoms with Gasteiger partial charge in [-0.2, -0.15) is 0 Å². The Labute approximate surface area is 119 Å². The smallest absolute Gasteiger partial charge is 0.340 e. The number of nitrogens with one attached hydrogen (secondary N) is 1. The lowest BCUT2D eigenvalue weighted by molar-refractivity contribution is -0.115. The molecule has 2 N–H and O–H groups in total. The highest BCUT2D eigenvalue weighted by Crippen LogP contribution is 2.19. The summed E-state index contributed by atoms with van der Waals surface area (Å²) in [5.41, 5.74) is -0.310. The molecule has 0 fully saturated rings. The summed E-state index contributed by atoms with van der Waals surface area (Å²) in [4.78, 5) is 22.8. The number of rotatable bonds is 4. The molecule has 0 aliphatic carbocycles. The van der Waals surface area contributed by atoms with Crippen LogP contribution < -0.4 is 5.32 Å². The molecule has 0 aliphatic rings. The maximum Gasteiger partial charge on any atom is 0.340 e. The lowest BCUT2D eigenvalue weighted by Crippen LogP contribution is -2.17. The molecule has 4 nitrogen and oxygen atoms in total. The van der Waals surface area contributed by atoms with Crippen molar-refractivity contribution in [1.82, 2.24) is 0 Å². The van der Waals surface area contributed by atoms with Gasteiger partial charge in [0.15, 0.2) is 0 Å². The first-order chi connectivity index (χ1) is 9.97. The Morgan fingerprint density at radius 3 is 2.48 bits per heavy atom. The largest absolute Gasteiger partial charge is 0.478 e. The standard InChI is InChI=1S/C15H11F2NO3/c16-10-4-1-3-9(7-10)8-13(19)18-12-6-2-5-11(17)14(12)15(20)21/h1-7H,8H2,(H,18,19)(H,20,21). The van der Waals surface area contributed by atoms with Gasteiger partial charge in [0.25, 0.3) is 0 Å². The van der Waals surface area contributed by atoms with Gasteiger partial charge in [-0.25, -0.2) is 13.6 Å². The van der Waals surface area contributed by atoms with Crippen molar-refractivity contribution >= 4 is 17.6 Å². The molecule has 108 valence electrons. The van der Waals surface area contributed by atoms with E-state index >= 15 is 0 Å². The minimum Gasteiger partial charge on any atom is -0.478 e. The van der Waals surface area contributed by atoms with Gasteiger partial charge in [-0.15, -0.1) is 0 Å². The summed E-state index contributed by atoms with van der Waals surface area (Å²) >= 11 is 0. The van der Waals surface area contributed by atoms with Crippen LogP contribution in [0.4, 0.5) is 14.5 Å². The lowest BCUT2D eigenvalue weighted by atomic mass is 10.1. The maximum absolute atomic E-state index is 13.4. The van der Waals surface area contributed by atoms with E-state index in [1.165, 1.54) is 30.3 Å². The number of hydrogen-bond acceptors (Lipinski definition) is 2. The number of halogens is 2. The molecule has 0 bridgehead atoms. The summed E-state index contributed by atoms with van der Waals surface area (Å²) in [6.07, 6.45) is -0.146. The van der Waals surface area contributed by atoms with Crippen molar-refractivity contribution in [2.24, 2.45) is 0 Å². The summed E-state index contributed by atoms with van der Waals surface area (Å²) in [7, 11) is 0. The zero-order valence-corrected chi connectivity index (χ0v) is 10.8. The summed E-state index contributed by atoms with van der Waals surface area (Å²) in [6, 6.07) is 9.04. The monoisotopic (exact) mass is 291 g/mol. The Balaban J connectivity index is 2.17. The van der Waals surface area contributed by atoms with E-state index in [0.29, 0.717) is 5.56 Å². The highest BCUT2D eigenvalue weighted by atomic mass is 19.1. The van der Waals surface area contributed by atoms with Gasteiger partial charge in [0, 0.05) is 0 Å². The first kappa shape index (κ1) is 14.6. The maximum atomic E-state index is 13.4. The first-order valence-electron chi connectivity index (χ1n) is 6.03. The van der Waals surface area contributed by atoms with E-state index in [1.807, 2.05) is 0 Å². The van der Waals surface area contributed by atoms with Gasteiger partial charge < -0.3 is 10.4 Å². The predicted octanol–water partition coefficient (Wildman–Crippen LogP) is 2.84. The molecular formula is C15H11F2NO3. The molecule has 6 heteroatoms. The molecule has 0 heterocycles. The van der Waals surface area contributed by atoms with Crippen LogP contribution >= 0.6 is 0 Å². The highest BCUT2D eigenvalue weighted by molar-refractivity contribution is 6.01. The van der Waals surface area contributed by atoms with E-state index in [0.717, 1.165) is 6.07 Å². The van der Waals surface area contributed by atoms with Gasteiger partial charge in [-0.3, -0.25) is 4.79 Å². The predicted molar refractivity (Wildman–Crippen MR) is 72.1 cm³/mol. The third-order valence-electron chi connectivity index (χ3n) is 2.76. The Morgan fingerprint density at radius 1 is 1.10 bits per heavy atom. The van der Waals surface area contributed by atoms with Crippen molar-refractivity contribution in [3.63, 3.8) is 0 Å². The molecule has 0 aliphatic heterocycles. The van der Waals surface area contributed by atoms with Crippen LogP contribution in [0.5, 0.6) is 0 Å². The molecule has 21 heavy (non-hydrogen) atoms. The summed E-state index contributed by atoms with van der Waals surface area (Å²) < 4.78 is 26.5. The van der Waals surface area contributed by atoms with Crippen LogP contribution in [-0.4, -0.2) is 17.0 Å². The van der Waals surface area contributed by atoms with Gasteiger partial charge >= 0.3 is 5.97 Å². The van der Waals surface area contributed by atoms with Crippen LogP contribution in [0.15, 0.2) is 42.5 Å². The fourth-order valence-electron chi connectivity index (χ4n) is 1.87.